The maximum atomic E-state index is 12.3. The molecule has 0 fully saturated rings. The van der Waals surface area contributed by atoms with Crippen LogP contribution in [-0.4, -0.2) is 35.2 Å². The van der Waals surface area contributed by atoms with Gasteiger partial charge < -0.3 is 10.1 Å². The summed E-state index contributed by atoms with van der Waals surface area (Å²) in [4.78, 5) is 0.105. The van der Waals surface area contributed by atoms with Gasteiger partial charge in [-0.25, -0.2) is 13.1 Å². The molecule has 2 rings (SSSR count). The first-order chi connectivity index (χ1) is 10.0. The number of rotatable bonds is 6. The van der Waals surface area contributed by atoms with Crippen molar-refractivity contribution in [1.29, 1.82) is 0 Å². The van der Waals surface area contributed by atoms with Gasteiger partial charge in [0.15, 0.2) is 0 Å². The van der Waals surface area contributed by atoms with Crippen LogP contribution in [0.4, 0.5) is 0 Å². The van der Waals surface area contributed by atoms with Crippen LogP contribution in [0.2, 0.25) is 5.02 Å². The van der Waals surface area contributed by atoms with E-state index >= 15 is 0 Å². The molecule has 0 aromatic heterocycles. The molecule has 0 saturated carbocycles. The number of hydrogen-bond acceptors (Lipinski definition) is 4. The predicted octanol–water partition coefficient (Wildman–Crippen LogP) is 1.94. The van der Waals surface area contributed by atoms with E-state index in [0.29, 0.717) is 11.6 Å². The highest BCUT2D eigenvalue weighted by molar-refractivity contribution is 7.89. The van der Waals surface area contributed by atoms with Crippen molar-refractivity contribution in [1.82, 2.24) is 10.0 Å². The molecule has 0 atom stereocenters. The first-order valence-corrected chi connectivity index (χ1v) is 8.61. The van der Waals surface area contributed by atoms with Crippen LogP contribution in [-0.2, 0) is 10.0 Å². The maximum absolute atomic E-state index is 12.3. The lowest BCUT2D eigenvalue weighted by molar-refractivity contribution is 0.402. The second-order valence-corrected chi connectivity index (χ2v) is 6.93. The monoisotopic (exact) mass is 330 g/mol. The van der Waals surface area contributed by atoms with Gasteiger partial charge in [0.05, 0.1) is 7.11 Å². The van der Waals surface area contributed by atoms with Crippen LogP contribution < -0.4 is 14.8 Å². The minimum atomic E-state index is -3.60. The molecule has 5 nitrogen and oxygen atoms in total. The van der Waals surface area contributed by atoms with Crippen LogP contribution in [0, 0.1) is 0 Å². The fourth-order valence-corrected chi connectivity index (χ4v) is 3.53. The molecule has 0 amide bonds. The molecule has 21 heavy (non-hydrogen) atoms. The minimum Gasteiger partial charge on any atom is -0.495 e. The lowest BCUT2D eigenvalue weighted by Crippen LogP contribution is -2.27. The molecule has 1 aromatic rings. The minimum absolute atomic E-state index is 0.105. The number of halogens is 1. The van der Waals surface area contributed by atoms with E-state index in [0.717, 1.165) is 25.9 Å². The van der Waals surface area contributed by atoms with Crippen LogP contribution >= 0.6 is 11.6 Å². The Morgan fingerprint density at radius 2 is 2.24 bits per heavy atom. The summed E-state index contributed by atoms with van der Waals surface area (Å²) in [5.41, 5.74) is 1.28. The molecule has 0 unspecified atom stereocenters. The third kappa shape index (κ3) is 4.44. The Bertz CT molecular complexity index is 629. The third-order valence-corrected chi connectivity index (χ3v) is 5.05. The van der Waals surface area contributed by atoms with E-state index < -0.39 is 10.0 Å². The molecule has 2 N–H and O–H groups in total. The SMILES string of the molecule is COc1cc(Cl)ccc1S(=O)(=O)NCCC1=CCNCC1. The smallest absolute Gasteiger partial charge is 0.244 e. The molecule has 116 valence electrons. The van der Waals surface area contributed by atoms with Crippen molar-refractivity contribution in [2.45, 2.75) is 17.7 Å². The second-order valence-electron chi connectivity index (χ2n) is 4.76. The van der Waals surface area contributed by atoms with Gasteiger partial charge in [-0.3, -0.25) is 0 Å². The second kappa shape index (κ2) is 7.26. The molecular weight excluding hydrogens is 312 g/mol. The summed E-state index contributed by atoms with van der Waals surface area (Å²) >= 11 is 5.84. The van der Waals surface area contributed by atoms with Crippen LogP contribution in [0.5, 0.6) is 5.75 Å². The van der Waals surface area contributed by atoms with Gasteiger partial charge in [-0.2, -0.15) is 0 Å². The zero-order chi connectivity index (χ0) is 15.3. The van der Waals surface area contributed by atoms with Crippen LogP contribution in [0.3, 0.4) is 0 Å². The summed E-state index contributed by atoms with van der Waals surface area (Å²) in [6, 6.07) is 4.48. The zero-order valence-electron chi connectivity index (χ0n) is 11.9. The number of hydrogen-bond donors (Lipinski definition) is 2. The molecule has 0 spiro atoms. The molecule has 1 aliphatic rings. The summed E-state index contributed by atoms with van der Waals surface area (Å²) in [7, 11) is -2.18. The summed E-state index contributed by atoms with van der Waals surface area (Å²) < 4.78 is 32.3. The van der Waals surface area contributed by atoms with Gasteiger partial charge in [0.25, 0.3) is 0 Å². The van der Waals surface area contributed by atoms with Gasteiger partial charge in [-0.05, 0) is 31.5 Å². The molecule has 0 radical (unpaired) electrons. The van der Waals surface area contributed by atoms with Crippen molar-refractivity contribution >= 4 is 21.6 Å². The van der Waals surface area contributed by atoms with Crippen LogP contribution in [0.1, 0.15) is 12.8 Å². The highest BCUT2D eigenvalue weighted by atomic mass is 35.5. The highest BCUT2D eigenvalue weighted by Crippen LogP contribution is 2.27. The molecule has 0 bridgehead atoms. The molecule has 0 aliphatic carbocycles. The van der Waals surface area contributed by atoms with E-state index in [1.807, 2.05) is 0 Å². The van der Waals surface area contributed by atoms with E-state index in [4.69, 9.17) is 16.3 Å². The predicted molar refractivity (Wildman–Crippen MR) is 83.4 cm³/mol. The number of benzene rings is 1. The van der Waals surface area contributed by atoms with E-state index in [1.54, 1.807) is 0 Å². The summed E-state index contributed by atoms with van der Waals surface area (Å²) in [6.07, 6.45) is 3.80. The van der Waals surface area contributed by atoms with Gasteiger partial charge in [-0.1, -0.05) is 23.3 Å². The lowest BCUT2D eigenvalue weighted by Gasteiger charge is -2.15. The Labute approximate surface area is 130 Å². The first kappa shape index (κ1) is 16.3. The average molecular weight is 331 g/mol. The van der Waals surface area contributed by atoms with Gasteiger partial charge in [0.2, 0.25) is 10.0 Å². The van der Waals surface area contributed by atoms with Gasteiger partial charge in [0, 0.05) is 24.2 Å². The molecule has 1 aliphatic heterocycles. The zero-order valence-corrected chi connectivity index (χ0v) is 13.4. The number of methoxy groups -OCH3 is 1. The van der Waals surface area contributed by atoms with Gasteiger partial charge >= 0.3 is 0 Å². The fraction of sp³-hybridized carbons (Fsp3) is 0.429. The van der Waals surface area contributed by atoms with Crippen molar-refractivity contribution in [3.63, 3.8) is 0 Å². The Morgan fingerprint density at radius 3 is 2.90 bits per heavy atom. The maximum Gasteiger partial charge on any atom is 0.244 e. The molecule has 1 heterocycles. The van der Waals surface area contributed by atoms with Crippen molar-refractivity contribution in [2.75, 3.05) is 26.7 Å². The van der Waals surface area contributed by atoms with E-state index in [1.165, 1.54) is 30.9 Å². The normalized spacial score (nSPS) is 15.6. The molecule has 0 saturated heterocycles. The molecule has 7 heteroatoms. The summed E-state index contributed by atoms with van der Waals surface area (Å²) in [5, 5.41) is 3.66. The van der Waals surface area contributed by atoms with Crippen LogP contribution in [0.15, 0.2) is 34.7 Å². The van der Waals surface area contributed by atoms with Gasteiger partial charge in [-0.15, -0.1) is 0 Å². The average Bonchev–Trinajstić information content (AvgIpc) is 2.47. The number of sulfonamides is 1. The molecule has 1 aromatic carbocycles. The van der Waals surface area contributed by atoms with Crippen LogP contribution in [0.25, 0.3) is 0 Å². The highest BCUT2D eigenvalue weighted by Gasteiger charge is 2.19. The standard InChI is InChI=1S/C14H19ClN2O3S/c1-20-13-10-12(15)2-3-14(13)21(18,19)17-9-6-11-4-7-16-8-5-11/h2-4,10,16-17H,5-9H2,1H3. The van der Waals surface area contributed by atoms with Crippen molar-refractivity contribution in [3.05, 3.63) is 34.9 Å². The Hall–Kier alpha value is -1.08. The van der Waals surface area contributed by atoms with E-state index in [2.05, 4.69) is 16.1 Å². The Kier molecular flexibility index (Phi) is 5.64. The van der Waals surface area contributed by atoms with Crippen molar-refractivity contribution < 1.29 is 13.2 Å². The Morgan fingerprint density at radius 1 is 1.43 bits per heavy atom. The van der Waals surface area contributed by atoms with Crippen molar-refractivity contribution in [3.8, 4) is 5.75 Å². The van der Waals surface area contributed by atoms with Crippen molar-refractivity contribution in [2.24, 2.45) is 0 Å². The number of nitrogens with one attached hydrogen (secondary N) is 2. The summed E-state index contributed by atoms with van der Waals surface area (Å²) in [5.74, 6) is 0.246. The lowest BCUT2D eigenvalue weighted by atomic mass is 10.1. The fourth-order valence-electron chi connectivity index (χ4n) is 2.18. The Balaban J connectivity index is 2.03. The third-order valence-electron chi connectivity index (χ3n) is 3.31. The van der Waals surface area contributed by atoms with E-state index in [9.17, 15) is 8.42 Å². The topological polar surface area (TPSA) is 67.4 Å². The first-order valence-electron chi connectivity index (χ1n) is 6.75. The largest absolute Gasteiger partial charge is 0.495 e. The van der Waals surface area contributed by atoms with Gasteiger partial charge in [0.1, 0.15) is 10.6 Å². The molecular formula is C14H19ClN2O3S. The number of ether oxygens (including phenoxy) is 1. The summed E-state index contributed by atoms with van der Waals surface area (Å²) in [6.45, 7) is 2.18. The van der Waals surface area contributed by atoms with E-state index in [-0.39, 0.29) is 10.6 Å². The quantitative estimate of drug-likeness (QED) is 0.782.